The normalized spacial score (nSPS) is 9.20. The highest BCUT2D eigenvalue weighted by atomic mass is 35.5. The number of rotatable bonds is 1. The summed E-state index contributed by atoms with van der Waals surface area (Å²) in [7, 11) is 0. The summed E-state index contributed by atoms with van der Waals surface area (Å²) in [5, 5.41) is 0.801. The summed E-state index contributed by atoms with van der Waals surface area (Å²) in [6, 6.07) is 14.4. The zero-order chi connectivity index (χ0) is 15.5. The molecule has 0 N–H and O–H groups in total. The van der Waals surface area contributed by atoms with Crippen LogP contribution < -0.4 is 0 Å². The molecule has 20 heavy (non-hydrogen) atoms. The number of benzene rings is 2. The third kappa shape index (κ3) is 7.96. The van der Waals surface area contributed by atoms with Crippen LogP contribution in [-0.4, -0.2) is 0 Å². The summed E-state index contributed by atoms with van der Waals surface area (Å²) < 4.78 is 12.4. The minimum Gasteiger partial charge on any atom is -0.207 e. The predicted molar refractivity (Wildman–Crippen MR) is 88.0 cm³/mol. The van der Waals surface area contributed by atoms with Crippen molar-refractivity contribution in [1.29, 1.82) is 0 Å². The Bertz CT molecular complexity index is 437. The van der Waals surface area contributed by atoms with Crippen molar-refractivity contribution < 1.29 is 4.39 Å². The van der Waals surface area contributed by atoms with E-state index in [0.29, 0.717) is 5.92 Å². The minimum atomic E-state index is -0.163. The molecular weight excluding hydrogens is 271 g/mol. The van der Waals surface area contributed by atoms with Crippen LogP contribution in [0.3, 0.4) is 0 Å². The molecule has 0 bridgehead atoms. The van der Waals surface area contributed by atoms with E-state index in [0.717, 1.165) is 5.02 Å². The molecule has 0 aliphatic heterocycles. The predicted octanol–water partition coefficient (Wildman–Crippen LogP) is 6.62. The van der Waals surface area contributed by atoms with Crippen molar-refractivity contribution in [1.82, 2.24) is 0 Å². The van der Waals surface area contributed by atoms with Gasteiger partial charge >= 0.3 is 0 Å². The highest BCUT2D eigenvalue weighted by Crippen LogP contribution is 2.13. The second kappa shape index (κ2) is 10.4. The van der Waals surface area contributed by atoms with Gasteiger partial charge in [0.05, 0.1) is 0 Å². The Morgan fingerprint density at radius 3 is 1.65 bits per heavy atom. The molecule has 0 unspecified atom stereocenters. The maximum absolute atomic E-state index is 12.4. The number of halogens is 2. The zero-order valence-corrected chi connectivity index (χ0v) is 13.7. The third-order valence-corrected chi connectivity index (χ3v) is 2.80. The Hall–Kier alpha value is -1.34. The van der Waals surface area contributed by atoms with Crippen LogP contribution in [0.25, 0.3) is 0 Å². The highest BCUT2D eigenvalue weighted by Gasteiger charge is 1.96. The summed E-state index contributed by atoms with van der Waals surface area (Å²) in [4.78, 5) is 0. The molecule has 0 fully saturated rings. The summed E-state index contributed by atoms with van der Waals surface area (Å²) >= 11 is 5.61. The lowest BCUT2D eigenvalue weighted by molar-refractivity contribution is 0.626. The Morgan fingerprint density at radius 1 is 0.850 bits per heavy atom. The molecule has 0 nitrogen and oxygen atoms in total. The lowest BCUT2D eigenvalue weighted by Gasteiger charge is -2.02. The first-order valence-corrected chi connectivity index (χ1v) is 7.34. The van der Waals surface area contributed by atoms with Gasteiger partial charge in [-0.1, -0.05) is 69.1 Å². The molecule has 2 aromatic carbocycles. The SMILES string of the molecule is CC.CC(C)c1ccc(F)cc1.Cc1ccc(Cl)cc1. The summed E-state index contributed by atoms with van der Waals surface area (Å²) in [5.41, 5.74) is 2.43. The van der Waals surface area contributed by atoms with Crippen molar-refractivity contribution >= 4 is 11.6 Å². The molecule has 0 heterocycles. The van der Waals surface area contributed by atoms with Gasteiger partial charge in [-0.05, 0) is 42.7 Å². The molecule has 0 saturated carbocycles. The lowest BCUT2D eigenvalue weighted by atomic mass is 10.0. The number of hydrogen-bond donors (Lipinski definition) is 0. The van der Waals surface area contributed by atoms with E-state index in [1.165, 1.54) is 23.3 Å². The van der Waals surface area contributed by atoms with Crippen molar-refractivity contribution in [3.05, 3.63) is 70.5 Å². The monoisotopic (exact) mass is 294 g/mol. The first kappa shape index (κ1) is 18.7. The van der Waals surface area contributed by atoms with E-state index >= 15 is 0 Å². The molecule has 2 rings (SSSR count). The van der Waals surface area contributed by atoms with E-state index in [1.54, 1.807) is 0 Å². The Morgan fingerprint density at radius 2 is 1.30 bits per heavy atom. The van der Waals surface area contributed by atoms with Crippen LogP contribution in [0, 0.1) is 12.7 Å². The van der Waals surface area contributed by atoms with Crippen molar-refractivity contribution in [3.8, 4) is 0 Å². The Labute approximate surface area is 127 Å². The average Bonchev–Trinajstić information content (AvgIpc) is 2.45. The van der Waals surface area contributed by atoms with Crippen LogP contribution in [0.5, 0.6) is 0 Å². The Kier molecular flexibility index (Phi) is 9.75. The molecule has 0 radical (unpaired) electrons. The molecule has 0 atom stereocenters. The standard InChI is InChI=1S/C9H11F.C7H7Cl.C2H6/c1-7(2)8-3-5-9(10)6-4-8;1-6-2-4-7(8)5-3-6;1-2/h3-7H,1-2H3;2-5H,1H3;1-2H3. The molecule has 0 spiro atoms. The lowest BCUT2D eigenvalue weighted by Crippen LogP contribution is -1.85. The minimum absolute atomic E-state index is 0.163. The summed E-state index contributed by atoms with van der Waals surface area (Å²) in [5.74, 6) is 0.324. The smallest absolute Gasteiger partial charge is 0.123 e. The van der Waals surface area contributed by atoms with Crippen LogP contribution in [0.2, 0.25) is 5.02 Å². The molecule has 0 amide bonds. The van der Waals surface area contributed by atoms with Gasteiger partial charge in [0.1, 0.15) is 5.82 Å². The molecule has 2 heteroatoms. The topological polar surface area (TPSA) is 0 Å². The van der Waals surface area contributed by atoms with Gasteiger partial charge in [-0.2, -0.15) is 0 Å². The van der Waals surface area contributed by atoms with Crippen molar-refractivity contribution in [2.24, 2.45) is 0 Å². The van der Waals surface area contributed by atoms with E-state index in [2.05, 4.69) is 13.8 Å². The molecule has 0 aliphatic rings. The fraction of sp³-hybridized carbons (Fsp3) is 0.333. The van der Waals surface area contributed by atoms with E-state index in [-0.39, 0.29) is 5.82 Å². The summed E-state index contributed by atoms with van der Waals surface area (Å²) in [6.45, 7) is 10.2. The van der Waals surface area contributed by atoms with Gasteiger partial charge < -0.3 is 0 Å². The third-order valence-electron chi connectivity index (χ3n) is 2.55. The fourth-order valence-corrected chi connectivity index (χ4v) is 1.51. The van der Waals surface area contributed by atoms with Crippen LogP contribution in [0.4, 0.5) is 4.39 Å². The van der Waals surface area contributed by atoms with Gasteiger partial charge in [0.2, 0.25) is 0 Å². The van der Waals surface area contributed by atoms with Crippen LogP contribution in [0.15, 0.2) is 48.5 Å². The Balaban J connectivity index is 0.000000327. The van der Waals surface area contributed by atoms with Crippen LogP contribution in [0.1, 0.15) is 44.7 Å². The maximum atomic E-state index is 12.4. The fourth-order valence-electron chi connectivity index (χ4n) is 1.38. The van der Waals surface area contributed by atoms with E-state index in [9.17, 15) is 4.39 Å². The van der Waals surface area contributed by atoms with Gasteiger partial charge in [-0.25, -0.2) is 4.39 Å². The maximum Gasteiger partial charge on any atom is 0.123 e. The number of hydrogen-bond acceptors (Lipinski definition) is 0. The highest BCUT2D eigenvalue weighted by molar-refractivity contribution is 6.30. The number of aryl methyl sites for hydroxylation is 1. The van der Waals surface area contributed by atoms with Gasteiger partial charge in [0, 0.05) is 5.02 Å². The van der Waals surface area contributed by atoms with Crippen LogP contribution >= 0.6 is 11.6 Å². The molecule has 0 saturated heterocycles. The second-order valence-electron chi connectivity index (χ2n) is 4.50. The molecule has 110 valence electrons. The molecule has 0 aliphatic carbocycles. The van der Waals surface area contributed by atoms with Crippen molar-refractivity contribution in [2.75, 3.05) is 0 Å². The second-order valence-corrected chi connectivity index (χ2v) is 4.94. The van der Waals surface area contributed by atoms with Gasteiger partial charge in [-0.15, -0.1) is 0 Å². The van der Waals surface area contributed by atoms with Gasteiger partial charge in [-0.3, -0.25) is 0 Å². The molecule has 2 aromatic rings. The van der Waals surface area contributed by atoms with E-state index in [4.69, 9.17) is 11.6 Å². The van der Waals surface area contributed by atoms with Gasteiger partial charge in [0.15, 0.2) is 0 Å². The first-order chi connectivity index (χ1) is 9.49. The largest absolute Gasteiger partial charge is 0.207 e. The van der Waals surface area contributed by atoms with Gasteiger partial charge in [0.25, 0.3) is 0 Å². The zero-order valence-electron chi connectivity index (χ0n) is 13.0. The molecule has 0 aromatic heterocycles. The quantitative estimate of drug-likeness (QED) is 0.554. The molecular formula is C18H24ClF. The first-order valence-electron chi connectivity index (χ1n) is 6.96. The van der Waals surface area contributed by atoms with Crippen molar-refractivity contribution in [2.45, 2.75) is 40.5 Å². The summed E-state index contributed by atoms with van der Waals surface area (Å²) in [6.07, 6.45) is 0. The van der Waals surface area contributed by atoms with Crippen LogP contribution in [-0.2, 0) is 0 Å². The van der Waals surface area contributed by atoms with E-state index in [1.807, 2.05) is 57.2 Å². The van der Waals surface area contributed by atoms with E-state index < -0.39 is 0 Å². The van der Waals surface area contributed by atoms with Crippen molar-refractivity contribution in [3.63, 3.8) is 0 Å². The average molecular weight is 295 g/mol.